The molecule has 7 heavy (non-hydrogen) atoms. The van der Waals surface area contributed by atoms with E-state index in [1.54, 1.807) is 0 Å². The van der Waals surface area contributed by atoms with Gasteiger partial charge >= 0.3 is 0 Å². The molecule has 0 aromatic carbocycles. The minimum atomic E-state index is 1.08. The van der Waals surface area contributed by atoms with Gasteiger partial charge in [0, 0.05) is 6.20 Å². The van der Waals surface area contributed by atoms with Crippen LogP contribution >= 0.6 is 0 Å². The smallest absolute Gasteiger partial charge is 0.120 e. The van der Waals surface area contributed by atoms with Crippen LogP contribution in [0.2, 0.25) is 0 Å². The Kier molecular flexibility index (Phi) is 0.856. The monoisotopic (exact) mass is 97.0 g/mol. The maximum absolute atomic E-state index is 9.54. The van der Waals surface area contributed by atoms with Gasteiger partial charge in [0.2, 0.25) is 0 Å². The first-order valence-corrected chi connectivity index (χ1v) is 1.75. The molecule has 0 fully saturated rings. The van der Waals surface area contributed by atoms with Crippen LogP contribution in [0.5, 0.6) is 0 Å². The molecule has 0 aliphatic rings. The van der Waals surface area contributed by atoms with Gasteiger partial charge in [-0.15, -0.1) is 4.91 Å². The van der Waals surface area contributed by atoms with E-state index in [0.717, 1.165) is 4.68 Å². The lowest BCUT2D eigenvalue weighted by Crippen LogP contribution is -1.75. The predicted octanol–water partition coefficient (Wildman–Crippen LogP) is 0.413. The molecule has 0 saturated heterocycles. The third-order valence-corrected chi connectivity index (χ3v) is 0.585. The Morgan fingerprint density at radius 2 is 2.57 bits per heavy atom. The maximum atomic E-state index is 9.54. The summed E-state index contributed by atoms with van der Waals surface area (Å²) in [6, 6.07) is 0. The van der Waals surface area contributed by atoms with Gasteiger partial charge in [-0.1, -0.05) is 0 Å². The molecule has 1 heterocycles. The first-order valence-electron chi connectivity index (χ1n) is 1.75. The number of aromatic nitrogens is 2. The standard InChI is InChI=1S/C3H3N3O/c7-5-6-2-1-4-3-6/h1-3H. The lowest BCUT2D eigenvalue weighted by Gasteiger charge is -1.73. The average molecular weight is 97.1 g/mol. The molecule has 0 N–H and O–H groups in total. The molecular weight excluding hydrogens is 94.1 g/mol. The molecule has 1 rings (SSSR count). The van der Waals surface area contributed by atoms with Crippen molar-refractivity contribution in [1.82, 2.24) is 9.66 Å². The molecule has 4 heteroatoms. The summed E-state index contributed by atoms with van der Waals surface area (Å²) in [6.45, 7) is 0. The largest absolute Gasteiger partial charge is 0.243 e. The second kappa shape index (κ2) is 1.51. The summed E-state index contributed by atoms with van der Waals surface area (Å²) in [7, 11) is 0. The summed E-state index contributed by atoms with van der Waals surface area (Å²) >= 11 is 0. The van der Waals surface area contributed by atoms with E-state index >= 15 is 0 Å². The van der Waals surface area contributed by atoms with E-state index in [-0.39, 0.29) is 0 Å². The highest BCUT2D eigenvalue weighted by atomic mass is 16.3. The van der Waals surface area contributed by atoms with Crippen molar-refractivity contribution in [2.24, 2.45) is 5.29 Å². The summed E-state index contributed by atoms with van der Waals surface area (Å²) in [5, 5.41) is 2.53. The zero-order valence-electron chi connectivity index (χ0n) is 3.48. The minimum absolute atomic E-state index is 1.08. The van der Waals surface area contributed by atoms with E-state index in [1.807, 2.05) is 0 Å². The van der Waals surface area contributed by atoms with Gasteiger partial charge in [0.1, 0.15) is 6.33 Å². The summed E-state index contributed by atoms with van der Waals surface area (Å²) in [6.07, 6.45) is 4.28. The van der Waals surface area contributed by atoms with Crippen molar-refractivity contribution in [1.29, 1.82) is 0 Å². The first kappa shape index (κ1) is 3.98. The van der Waals surface area contributed by atoms with Gasteiger partial charge in [-0.2, -0.15) is 4.68 Å². The SMILES string of the molecule is O=Nn1ccnc1. The van der Waals surface area contributed by atoms with Crippen LogP contribution in [-0.2, 0) is 0 Å². The van der Waals surface area contributed by atoms with Crippen molar-refractivity contribution in [3.63, 3.8) is 0 Å². The molecular formula is C3H3N3O. The average Bonchev–Trinajstić information content (AvgIpc) is 2.14. The van der Waals surface area contributed by atoms with Crippen LogP contribution < -0.4 is 0 Å². The number of nitroso groups, excluding NO2 is 1. The summed E-state index contributed by atoms with van der Waals surface area (Å²) in [5.41, 5.74) is 0. The number of imidazole rings is 1. The van der Waals surface area contributed by atoms with E-state index in [1.165, 1.54) is 18.7 Å². The fourth-order valence-electron chi connectivity index (χ4n) is 0.300. The van der Waals surface area contributed by atoms with Crippen LogP contribution in [0.1, 0.15) is 0 Å². The van der Waals surface area contributed by atoms with Gasteiger partial charge in [0.25, 0.3) is 0 Å². The van der Waals surface area contributed by atoms with E-state index in [9.17, 15) is 4.91 Å². The fourth-order valence-corrected chi connectivity index (χ4v) is 0.300. The molecule has 0 bridgehead atoms. The van der Waals surface area contributed by atoms with Crippen LogP contribution in [0, 0.1) is 4.91 Å². The summed E-state index contributed by atoms with van der Waals surface area (Å²) in [5.74, 6) is 0. The first-order chi connectivity index (χ1) is 3.43. The Balaban J connectivity index is 2.96. The molecule has 0 radical (unpaired) electrons. The lowest BCUT2D eigenvalue weighted by molar-refractivity contribution is 0.864. The van der Waals surface area contributed by atoms with Gasteiger partial charge in [0.15, 0.2) is 0 Å². The Morgan fingerprint density at radius 3 is 2.86 bits per heavy atom. The molecule has 4 nitrogen and oxygen atoms in total. The number of hydrogen-bond donors (Lipinski definition) is 0. The molecule has 0 spiro atoms. The highest BCUT2D eigenvalue weighted by Gasteiger charge is 1.77. The Hall–Kier alpha value is -1.19. The second-order valence-electron chi connectivity index (χ2n) is 1.02. The van der Waals surface area contributed by atoms with Crippen molar-refractivity contribution >= 4 is 0 Å². The minimum Gasteiger partial charge on any atom is -0.243 e. The number of hydrogen-bond acceptors (Lipinski definition) is 3. The van der Waals surface area contributed by atoms with Crippen molar-refractivity contribution < 1.29 is 0 Å². The predicted molar refractivity (Wildman–Crippen MR) is 23.4 cm³/mol. The number of rotatable bonds is 1. The van der Waals surface area contributed by atoms with Crippen molar-refractivity contribution in [3.05, 3.63) is 23.6 Å². The zero-order valence-corrected chi connectivity index (χ0v) is 3.48. The highest BCUT2D eigenvalue weighted by Crippen LogP contribution is 1.79. The van der Waals surface area contributed by atoms with Gasteiger partial charge in [-0.3, -0.25) is 0 Å². The zero-order chi connectivity index (χ0) is 5.11. The van der Waals surface area contributed by atoms with Crippen LogP contribution in [0.3, 0.4) is 0 Å². The van der Waals surface area contributed by atoms with E-state index < -0.39 is 0 Å². The molecule has 0 atom stereocenters. The second-order valence-corrected chi connectivity index (χ2v) is 1.02. The van der Waals surface area contributed by atoms with E-state index in [0.29, 0.717) is 0 Å². The van der Waals surface area contributed by atoms with Crippen LogP contribution in [0.4, 0.5) is 0 Å². The number of nitrogens with zero attached hydrogens (tertiary/aromatic N) is 3. The third kappa shape index (κ3) is 0.623. The Bertz CT molecular complexity index is 145. The quantitative estimate of drug-likeness (QED) is 0.476. The lowest BCUT2D eigenvalue weighted by atomic mass is 11.0. The topological polar surface area (TPSA) is 47.2 Å². The molecule has 36 valence electrons. The van der Waals surface area contributed by atoms with Crippen LogP contribution in [0.15, 0.2) is 24.0 Å². The Labute approximate surface area is 39.7 Å². The molecule has 0 unspecified atom stereocenters. The molecule has 0 aliphatic carbocycles. The van der Waals surface area contributed by atoms with E-state index in [2.05, 4.69) is 10.3 Å². The van der Waals surface area contributed by atoms with Crippen molar-refractivity contribution in [2.45, 2.75) is 0 Å². The normalized spacial score (nSPS) is 8.57. The third-order valence-electron chi connectivity index (χ3n) is 0.585. The molecule has 0 aliphatic heterocycles. The maximum Gasteiger partial charge on any atom is 0.120 e. The highest BCUT2D eigenvalue weighted by molar-refractivity contribution is 4.71. The Morgan fingerprint density at radius 1 is 1.71 bits per heavy atom. The molecule has 0 amide bonds. The van der Waals surface area contributed by atoms with Gasteiger partial charge in [-0.05, 0) is 0 Å². The summed E-state index contributed by atoms with van der Waals surface area (Å²) < 4.78 is 1.08. The van der Waals surface area contributed by atoms with Gasteiger partial charge in [-0.25, -0.2) is 4.98 Å². The van der Waals surface area contributed by atoms with Gasteiger partial charge in [0.05, 0.1) is 11.5 Å². The van der Waals surface area contributed by atoms with E-state index in [4.69, 9.17) is 0 Å². The van der Waals surface area contributed by atoms with Crippen LogP contribution in [-0.4, -0.2) is 9.66 Å². The summed E-state index contributed by atoms with van der Waals surface area (Å²) in [4.78, 5) is 13.1. The molecule has 0 saturated carbocycles. The van der Waals surface area contributed by atoms with Crippen molar-refractivity contribution in [3.8, 4) is 0 Å². The molecule has 1 aromatic rings. The van der Waals surface area contributed by atoms with Crippen LogP contribution in [0.25, 0.3) is 0 Å². The molecule has 1 aromatic heterocycles. The fraction of sp³-hybridized carbons (Fsp3) is 0. The van der Waals surface area contributed by atoms with Crippen molar-refractivity contribution in [2.75, 3.05) is 0 Å². The van der Waals surface area contributed by atoms with Gasteiger partial charge < -0.3 is 0 Å².